The summed E-state index contributed by atoms with van der Waals surface area (Å²) in [6.45, 7) is 2.20. The minimum absolute atomic E-state index is 0.152. The van der Waals surface area contributed by atoms with Gasteiger partial charge in [0.1, 0.15) is 5.82 Å². The Kier molecular flexibility index (Phi) is 2.67. The molecule has 1 aliphatic rings. The maximum atomic E-state index is 12.7. The molecular formula is C13H15F. The van der Waals surface area contributed by atoms with E-state index >= 15 is 0 Å². The first-order valence-corrected chi connectivity index (χ1v) is 5.22. The van der Waals surface area contributed by atoms with E-state index in [1.165, 1.54) is 30.4 Å². The lowest BCUT2D eigenvalue weighted by atomic mass is 9.92. The van der Waals surface area contributed by atoms with Crippen LogP contribution in [-0.4, -0.2) is 0 Å². The first kappa shape index (κ1) is 9.45. The predicted octanol–water partition coefficient (Wildman–Crippen LogP) is 4.04. The van der Waals surface area contributed by atoms with Crippen molar-refractivity contribution in [2.75, 3.05) is 0 Å². The van der Waals surface area contributed by atoms with Crippen molar-refractivity contribution >= 4 is 0 Å². The molecule has 0 saturated heterocycles. The van der Waals surface area contributed by atoms with Gasteiger partial charge in [-0.3, -0.25) is 0 Å². The highest BCUT2D eigenvalue weighted by molar-refractivity contribution is 5.29. The molecule has 0 radical (unpaired) electrons. The van der Waals surface area contributed by atoms with Crippen molar-refractivity contribution in [3.8, 4) is 0 Å². The summed E-state index contributed by atoms with van der Waals surface area (Å²) in [5.41, 5.74) is 2.73. The Morgan fingerprint density at radius 1 is 1.21 bits per heavy atom. The molecule has 0 spiro atoms. The van der Waals surface area contributed by atoms with E-state index in [0.717, 1.165) is 0 Å². The third kappa shape index (κ3) is 1.87. The van der Waals surface area contributed by atoms with E-state index in [1.807, 2.05) is 12.1 Å². The number of halogens is 1. The van der Waals surface area contributed by atoms with Crippen LogP contribution in [0.2, 0.25) is 0 Å². The van der Waals surface area contributed by atoms with E-state index in [2.05, 4.69) is 13.0 Å². The van der Waals surface area contributed by atoms with Crippen LogP contribution in [0.4, 0.5) is 4.39 Å². The second-order valence-corrected chi connectivity index (χ2v) is 3.94. The molecular weight excluding hydrogens is 175 g/mol. The van der Waals surface area contributed by atoms with Gasteiger partial charge in [0.25, 0.3) is 0 Å². The van der Waals surface area contributed by atoms with Gasteiger partial charge in [-0.05, 0) is 37.0 Å². The van der Waals surface area contributed by atoms with Gasteiger partial charge in [-0.2, -0.15) is 0 Å². The van der Waals surface area contributed by atoms with Gasteiger partial charge in [-0.25, -0.2) is 4.39 Å². The molecule has 2 rings (SSSR count). The maximum Gasteiger partial charge on any atom is 0.123 e. The molecule has 0 amide bonds. The van der Waals surface area contributed by atoms with Crippen molar-refractivity contribution in [3.05, 3.63) is 47.3 Å². The zero-order chi connectivity index (χ0) is 9.97. The molecule has 1 aromatic rings. The molecule has 1 atom stereocenters. The molecule has 74 valence electrons. The largest absolute Gasteiger partial charge is 0.207 e. The van der Waals surface area contributed by atoms with E-state index in [9.17, 15) is 4.39 Å². The Balaban J connectivity index is 2.18. The second kappa shape index (κ2) is 3.95. The van der Waals surface area contributed by atoms with Crippen molar-refractivity contribution in [3.63, 3.8) is 0 Å². The zero-order valence-corrected chi connectivity index (χ0v) is 8.46. The first-order chi connectivity index (χ1) is 6.77. The Morgan fingerprint density at radius 3 is 2.50 bits per heavy atom. The van der Waals surface area contributed by atoms with E-state index in [1.54, 1.807) is 12.1 Å². The smallest absolute Gasteiger partial charge is 0.123 e. The van der Waals surface area contributed by atoms with Crippen LogP contribution in [0.5, 0.6) is 0 Å². The Morgan fingerprint density at radius 2 is 1.93 bits per heavy atom. The molecule has 0 saturated carbocycles. The van der Waals surface area contributed by atoms with Gasteiger partial charge in [0.05, 0.1) is 0 Å². The van der Waals surface area contributed by atoms with Crippen molar-refractivity contribution in [1.29, 1.82) is 0 Å². The molecule has 1 unspecified atom stereocenters. The van der Waals surface area contributed by atoms with Crippen molar-refractivity contribution in [1.82, 2.24) is 0 Å². The van der Waals surface area contributed by atoms with Crippen LogP contribution in [0.15, 0.2) is 35.9 Å². The lowest BCUT2D eigenvalue weighted by Crippen LogP contribution is -1.95. The van der Waals surface area contributed by atoms with Gasteiger partial charge in [0.2, 0.25) is 0 Å². The molecule has 1 heteroatoms. The first-order valence-electron chi connectivity index (χ1n) is 5.22. The molecule has 0 aliphatic heterocycles. The van der Waals surface area contributed by atoms with E-state index < -0.39 is 0 Å². The standard InChI is InChI=1S/C13H15F/c1-10(11-4-2-3-5-11)12-6-8-13(14)9-7-12/h4,6-10H,2-3,5H2,1H3. The van der Waals surface area contributed by atoms with Crippen molar-refractivity contribution < 1.29 is 4.39 Å². The van der Waals surface area contributed by atoms with Gasteiger partial charge >= 0.3 is 0 Å². The predicted molar refractivity (Wildman–Crippen MR) is 56.7 cm³/mol. The molecule has 0 fully saturated rings. The summed E-state index contributed by atoms with van der Waals surface area (Å²) >= 11 is 0. The highest BCUT2D eigenvalue weighted by Gasteiger charge is 2.13. The lowest BCUT2D eigenvalue weighted by Gasteiger charge is -2.13. The summed E-state index contributed by atoms with van der Waals surface area (Å²) in [5.74, 6) is 0.305. The zero-order valence-electron chi connectivity index (χ0n) is 8.46. The minimum atomic E-state index is -0.152. The number of hydrogen-bond acceptors (Lipinski definition) is 0. The van der Waals surface area contributed by atoms with Crippen LogP contribution in [0.25, 0.3) is 0 Å². The quantitative estimate of drug-likeness (QED) is 0.617. The van der Waals surface area contributed by atoms with E-state index in [0.29, 0.717) is 5.92 Å². The molecule has 0 bridgehead atoms. The second-order valence-electron chi connectivity index (χ2n) is 3.94. The Labute approximate surface area is 84.5 Å². The number of rotatable bonds is 2. The van der Waals surface area contributed by atoms with Gasteiger partial charge in [-0.15, -0.1) is 0 Å². The number of benzene rings is 1. The molecule has 0 aromatic heterocycles. The van der Waals surface area contributed by atoms with Gasteiger partial charge < -0.3 is 0 Å². The SMILES string of the molecule is CC(C1=CCCC1)c1ccc(F)cc1. The van der Waals surface area contributed by atoms with Crippen LogP contribution < -0.4 is 0 Å². The highest BCUT2D eigenvalue weighted by atomic mass is 19.1. The normalized spacial score (nSPS) is 18.0. The van der Waals surface area contributed by atoms with Crippen LogP contribution in [-0.2, 0) is 0 Å². The van der Waals surface area contributed by atoms with Gasteiger partial charge in [0, 0.05) is 5.92 Å². The molecule has 0 heterocycles. The van der Waals surface area contributed by atoms with Crippen LogP contribution >= 0.6 is 0 Å². The van der Waals surface area contributed by atoms with Gasteiger partial charge in [0.15, 0.2) is 0 Å². The number of allylic oxidation sites excluding steroid dienone is 2. The monoisotopic (exact) mass is 190 g/mol. The van der Waals surface area contributed by atoms with Crippen LogP contribution in [0, 0.1) is 5.82 Å². The Hall–Kier alpha value is -1.11. The maximum absolute atomic E-state index is 12.7. The van der Waals surface area contributed by atoms with E-state index in [4.69, 9.17) is 0 Å². The van der Waals surface area contributed by atoms with Gasteiger partial charge in [-0.1, -0.05) is 30.7 Å². The van der Waals surface area contributed by atoms with Crippen LogP contribution in [0.3, 0.4) is 0 Å². The fourth-order valence-corrected chi connectivity index (χ4v) is 2.05. The molecule has 1 aliphatic carbocycles. The van der Waals surface area contributed by atoms with Crippen molar-refractivity contribution in [2.24, 2.45) is 0 Å². The summed E-state index contributed by atoms with van der Waals surface area (Å²) in [6.07, 6.45) is 6.02. The molecule has 1 aromatic carbocycles. The third-order valence-corrected chi connectivity index (χ3v) is 3.00. The van der Waals surface area contributed by atoms with Crippen LogP contribution in [0.1, 0.15) is 37.7 Å². The topological polar surface area (TPSA) is 0 Å². The summed E-state index contributed by atoms with van der Waals surface area (Å²) in [4.78, 5) is 0. The summed E-state index contributed by atoms with van der Waals surface area (Å²) in [7, 11) is 0. The number of hydrogen-bond donors (Lipinski definition) is 0. The average molecular weight is 190 g/mol. The lowest BCUT2D eigenvalue weighted by molar-refractivity contribution is 0.626. The minimum Gasteiger partial charge on any atom is -0.207 e. The molecule has 0 nitrogen and oxygen atoms in total. The fraction of sp³-hybridized carbons (Fsp3) is 0.385. The summed E-state index contributed by atoms with van der Waals surface area (Å²) in [6, 6.07) is 6.86. The molecule has 14 heavy (non-hydrogen) atoms. The van der Waals surface area contributed by atoms with E-state index in [-0.39, 0.29) is 5.82 Å². The third-order valence-electron chi connectivity index (χ3n) is 3.00. The fourth-order valence-electron chi connectivity index (χ4n) is 2.05. The Bertz CT molecular complexity index is 335. The summed E-state index contributed by atoms with van der Waals surface area (Å²) < 4.78 is 12.7. The van der Waals surface area contributed by atoms with Crippen molar-refractivity contribution in [2.45, 2.75) is 32.1 Å². The highest BCUT2D eigenvalue weighted by Crippen LogP contribution is 2.31. The molecule has 0 N–H and O–H groups in total. The summed E-state index contributed by atoms with van der Waals surface area (Å²) in [5, 5.41) is 0. The average Bonchev–Trinajstić information content (AvgIpc) is 2.71.